The van der Waals surface area contributed by atoms with Crippen LogP contribution in [0.3, 0.4) is 0 Å². The SMILES string of the molecule is COc1ccc(CCC(O)C(OC)c2ccccc2)cc1. The van der Waals surface area contributed by atoms with E-state index >= 15 is 0 Å². The van der Waals surface area contributed by atoms with Crippen LogP contribution in [-0.4, -0.2) is 25.4 Å². The lowest BCUT2D eigenvalue weighted by Crippen LogP contribution is -2.21. The largest absolute Gasteiger partial charge is 0.497 e. The number of aliphatic hydroxyl groups excluding tert-OH is 1. The fraction of sp³-hybridized carbons (Fsp3) is 0.333. The number of aryl methyl sites for hydroxylation is 1. The summed E-state index contributed by atoms with van der Waals surface area (Å²) in [7, 11) is 3.29. The fourth-order valence-corrected chi connectivity index (χ4v) is 2.42. The van der Waals surface area contributed by atoms with Crippen LogP contribution in [0.25, 0.3) is 0 Å². The van der Waals surface area contributed by atoms with E-state index in [2.05, 4.69) is 0 Å². The van der Waals surface area contributed by atoms with Crippen LogP contribution in [0, 0.1) is 0 Å². The van der Waals surface area contributed by atoms with Crippen LogP contribution >= 0.6 is 0 Å². The van der Waals surface area contributed by atoms with Crippen molar-refractivity contribution in [3.63, 3.8) is 0 Å². The molecule has 3 heteroatoms. The Hall–Kier alpha value is -1.84. The Morgan fingerprint density at radius 1 is 0.952 bits per heavy atom. The summed E-state index contributed by atoms with van der Waals surface area (Å²) in [6.07, 6.45) is 0.640. The highest BCUT2D eigenvalue weighted by Gasteiger charge is 2.20. The molecule has 0 aliphatic heterocycles. The van der Waals surface area contributed by atoms with Gasteiger partial charge >= 0.3 is 0 Å². The van der Waals surface area contributed by atoms with Crippen LogP contribution in [0.5, 0.6) is 5.75 Å². The summed E-state index contributed by atoms with van der Waals surface area (Å²) >= 11 is 0. The normalized spacial score (nSPS) is 13.7. The van der Waals surface area contributed by atoms with E-state index in [1.54, 1.807) is 14.2 Å². The van der Waals surface area contributed by atoms with Crippen molar-refractivity contribution in [3.8, 4) is 5.75 Å². The smallest absolute Gasteiger partial charge is 0.118 e. The lowest BCUT2D eigenvalue weighted by molar-refractivity contribution is -0.0170. The highest BCUT2D eigenvalue weighted by atomic mass is 16.5. The summed E-state index contributed by atoms with van der Waals surface area (Å²) in [5.41, 5.74) is 2.18. The number of hydrogen-bond donors (Lipinski definition) is 1. The molecule has 0 aromatic heterocycles. The third kappa shape index (κ3) is 4.31. The molecule has 0 spiro atoms. The highest BCUT2D eigenvalue weighted by molar-refractivity contribution is 5.27. The predicted octanol–water partition coefficient (Wildman–Crippen LogP) is 3.38. The van der Waals surface area contributed by atoms with Gasteiger partial charge in [0.25, 0.3) is 0 Å². The Balaban J connectivity index is 1.94. The average Bonchev–Trinajstić information content (AvgIpc) is 2.55. The maximum Gasteiger partial charge on any atom is 0.118 e. The summed E-state index contributed by atoms with van der Waals surface area (Å²) in [6.45, 7) is 0. The van der Waals surface area contributed by atoms with Gasteiger partial charge in [0.2, 0.25) is 0 Å². The van der Waals surface area contributed by atoms with Crippen LogP contribution in [-0.2, 0) is 11.2 Å². The lowest BCUT2D eigenvalue weighted by atomic mass is 9.98. The van der Waals surface area contributed by atoms with Crippen LogP contribution in [0.4, 0.5) is 0 Å². The Morgan fingerprint density at radius 3 is 2.19 bits per heavy atom. The standard InChI is InChI=1S/C18H22O3/c1-20-16-11-8-14(9-12-16)10-13-17(19)18(21-2)15-6-4-3-5-7-15/h3-9,11-12,17-19H,10,13H2,1-2H3. The van der Waals surface area contributed by atoms with Crippen molar-refractivity contribution < 1.29 is 14.6 Å². The zero-order valence-electron chi connectivity index (χ0n) is 12.5. The molecule has 1 N–H and O–H groups in total. The maximum atomic E-state index is 10.4. The number of ether oxygens (including phenoxy) is 2. The number of aliphatic hydroxyl groups is 1. The number of benzene rings is 2. The number of methoxy groups -OCH3 is 2. The minimum absolute atomic E-state index is 0.288. The maximum absolute atomic E-state index is 10.4. The molecule has 0 radical (unpaired) electrons. The van der Waals surface area contributed by atoms with Gasteiger partial charge in [-0.05, 0) is 36.1 Å². The fourth-order valence-electron chi connectivity index (χ4n) is 2.42. The van der Waals surface area contributed by atoms with Crippen molar-refractivity contribution in [1.29, 1.82) is 0 Å². The Labute approximate surface area is 126 Å². The Kier molecular flexibility index (Phi) is 5.78. The predicted molar refractivity (Wildman–Crippen MR) is 83.5 cm³/mol. The topological polar surface area (TPSA) is 38.7 Å². The molecule has 2 aromatic carbocycles. The molecule has 0 aliphatic carbocycles. The van der Waals surface area contributed by atoms with Gasteiger partial charge < -0.3 is 14.6 Å². The zero-order valence-corrected chi connectivity index (χ0v) is 12.5. The third-order valence-corrected chi connectivity index (χ3v) is 3.62. The van der Waals surface area contributed by atoms with Crippen molar-refractivity contribution in [2.24, 2.45) is 0 Å². The molecule has 2 rings (SSSR count). The van der Waals surface area contributed by atoms with Gasteiger partial charge in [0.15, 0.2) is 0 Å². The molecule has 0 amide bonds. The highest BCUT2D eigenvalue weighted by Crippen LogP contribution is 2.23. The third-order valence-electron chi connectivity index (χ3n) is 3.62. The molecule has 0 saturated carbocycles. The van der Waals surface area contributed by atoms with Crippen LogP contribution in [0.2, 0.25) is 0 Å². The van der Waals surface area contributed by atoms with Crippen LogP contribution in [0.15, 0.2) is 54.6 Å². The van der Waals surface area contributed by atoms with Crippen molar-refractivity contribution in [3.05, 3.63) is 65.7 Å². The van der Waals surface area contributed by atoms with Gasteiger partial charge in [-0.3, -0.25) is 0 Å². The molecule has 2 unspecified atom stereocenters. The summed E-state index contributed by atoms with van der Waals surface area (Å²) in [6, 6.07) is 17.7. The van der Waals surface area contributed by atoms with Gasteiger partial charge in [0, 0.05) is 7.11 Å². The molecule has 0 bridgehead atoms. The molecule has 112 valence electrons. The summed E-state index contributed by atoms with van der Waals surface area (Å²) in [5.74, 6) is 0.846. The first kappa shape index (κ1) is 15.5. The van der Waals surface area contributed by atoms with Crippen LogP contribution in [0.1, 0.15) is 23.7 Å². The summed E-state index contributed by atoms with van der Waals surface area (Å²) in [4.78, 5) is 0. The molecule has 21 heavy (non-hydrogen) atoms. The van der Waals surface area contributed by atoms with E-state index in [9.17, 15) is 5.11 Å². The number of rotatable bonds is 7. The van der Waals surface area contributed by atoms with E-state index in [0.29, 0.717) is 6.42 Å². The van der Waals surface area contributed by atoms with Crippen molar-refractivity contribution in [1.82, 2.24) is 0 Å². The van der Waals surface area contributed by atoms with Crippen LogP contribution < -0.4 is 4.74 Å². The van der Waals surface area contributed by atoms with Gasteiger partial charge in [-0.15, -0.1) is 0 Å². The second kappa shape index (κ2) is 7.81. The van der Waals surface area contributed by atoms with Gasteiger partial charge in [-0.2, -0.15) is 0 Å². The Bertz CT molecular complexity index is 522. The Morgan fingerprint density at radius 2 is 1.62 bits per heavy atom. The van der Waals surface area contributed by atoms with Crippen molar-refractivity contribution in [2.45, 2.75) is 25.0 Å². The molecule has 0 aliphatic rings. The van der Waals surface area contributed by atoms with Gasteiger partial charge in [0.1, 0.15) is 11.9 Å². The monoisotopic (exact) mass is 286 g/mol. The number of hydrogen-bond acceptors (Lipinski definition) is 3. The first-order chi connectivity index (χ1) is 10.2. The molecule has 0 saturated heterocycles. The average molecular weight is 286 g/mol. The molecular formula is C18H22O3. The van der Waals surface area contributed by atoms with E-state index in [4.69, 9.17) is 9.47 Å². The quantitative estimate of drug-likeness (QED) is 0.848. The molecule has 0 heterocycles. The van der Waals surface area contributed by atoms with E-state index < -0.39 is 6.10 Å². The van der Waals surface area contributed by atoms with Gasteiger partial charge in [-0.25, -0.2) is 0 Å². The van der Waals surface area contributed by atoms with Gasteiger partial charge in [0.05, 0.1) is 13.2 Å². The molecular weight excluding hydrogens is 264 g/mol. The molecule has 3 nitrogen and oxygen atoms in total. The van der Waals surface area contributed by atoms with E-state index in [-0.39, 0.29) is 6.10 Å². The lowest BCUT2D eigenvalue weighted by Gasteiger charge is -2.22. The molecule has 0 fully saturated rings. The molecule has 2 aromatic rings. The van der Waals surface area contributed by atoms with E-state index in [1.807, 2.05) is 54.6 Å². The van der Waals surface area contributed by atoms with E-state index in [0.717, 1.165) is 17.7 Å². The minimum atomic E-state index is -0.528. The zero-order chi connectivity index (χ0) is 15.1. The summed E-state index contributed by atoms with van der Waals surface area (Å²) < 4.78 is 10.6. The second-order valence-electron chi connectivity index (χ2n) is 5.02. The first-order valence-corrected chi connectivity index (χ1v) is 7.13. The van der Waals surface area contributed by atoms with Crippen molar-refractivity contribution in [2.75, 3.05) is 14.2 Å². The van der Waals surface area contributed by atoms with Crippen molar-refractivity contribution >= 4 is 0 Å². The van der Waals surface area contributed by atoms with Gasteiger partial charge in [-0.1, -0.05) is 42.5 Å². The second-order valence-corrected chi connectivity index (χ2v) is 5.02. The minimum Gasteiger partial charge on any atom is -0.497 e. The summed E-state index contributed by atoms with van der Waals surface area (Å²) in [5, 5.41) is 10.4. The molecule has 2 atom stereocenters. The first-order valence-electron chi connectivity index (χ1n) is 7.13. The van der Waals surface area contributed by atoms with E-state index in [1.165, 1.54) is 5.56 Å².